The summed E-state index contributed by atoms with van der Waals surface area (Å²) in [6.07, 6.45) is 0. The van der Waals surface area contributed by atoms with Crippen molar-refractivity contribution in [1.29, 1.82) is 0 Å². The van der Waals surface area contributed by atoms with Gasteiger partial charge in [-0.25, -0.2) is 0 Å². The Morgan fingerprint density at radius 2 is 2.00 bits per heavy atom. The van der Waals surface area contributed by atoms with E-state index in [1.807, 2.05) is 18.2 Å². The van der Waals surface area contributed by atoms with Gasteiger partial charge >= 0.3 is 0 Å². The molecule has 4 heteroatoms. The van der Waals surface area contributed by atoms with Crippen molar-refractivity contribution >= 4 is 0 Å². The van der Waals surface area contributed by atoms with Gasteiger partial charge in [-0.1, -0.05) is 18.2 Å². The van der Waals surface area contributed by atoms with E-state index in [4.69, 9.17) is 4.84 Å². The monoisotopic (exact) mass is 154 g/mol. The molecule has 0 aliphatic heterocycles. The summed E-state index contributed by atoms with van der Waals surface area (Å²) in [6, 6.07) is 9.06. The van der Waals surface area contributed by atoms with E-state index in [2.05, 4.69) is 5.59 Å². The molecule has 0 aliphatic carbocycles. The smallest absolute Gasteiger partial charge is 0.153 e. The van der Waals surface area contributed by atoms with E-state index in [9.17, 15) is 5.21 Å². The first-order chi connectivity index (χ1) is 5.29. The van der Waals surface area contributed by atoms with Crippen LogP contribution in [0.5, 0.6) is 5.75 Å². The van der Waals surface area contributed by atoms with Crippen LogP contribution in [0.1, 0.15) is 0 Å². The van der Waals surface area contributed by atoms with Crippen LogP contribution in [0.15, 0.2) is 30.3 Å². The highest BCUT2D eigenvalue weighted by Crippen LogP contribution is 2.05. The molecule has 0 heterocycles. The van der Waals surface area contributed by atoms with Gasteiger partial charge in [0.1, 0.15) is 0 Å². The lowest BCUT2D eigenvalue weighted by Gasteiger charge is -2.15. The molecule has 0 fully saturated rings. The predicted octanol–water partition coefficient (Wildman–Crippen LogP) is -0.502. The Morgan fingerprint density at radius 1 is 1.36 bits per heavy atom. The van der Waals surface area contributed by atoms with Gasteiger partial charge in [0.2, 0.25) is 0 Å². The minimum Gasteiger partial charge on any atom is -0.611 e. The van der Waals surface area contributed by atoms with Crippen LogP contribution in [0.2, 0.25) is 0 Å². The summed E-state index contributed by atoms with van der Waals surface area (Å²) in [5, 5.41) is 10.2. The Balaban J connectivity index is 2.39. The molecular formula is C7H10N2O2. The van der Waals surface area contributed by atoms with Gasteiger partial charge in [-0.15, -0.1) is 0 Å². The summed E-state index contributed by atoms with van der Waals surface area (Å²) in [5.74, 6) is 0.628. The molecule has 11 heavy (non-hydrogen) atoms. The summed E-state index contributed by atoms with van der Waals surface area (Å²) in [7, 11) is 1.39. The normalized spacial score (nSPS) is 12.5. The first-order valence-electron chi connectivity index (χ1n) is 3.27. The molecule has 4 nitrogen and oxygen atoms in total. The van der Waals surface area contributed by atoms with Crippen molar-refractivity contribution in [2.45, 2.75) is 0 Å². The second-order valence-corrected chi connectivity index (χ2v) is 2.07. The Morgan fingerprint density at radius 3 is 2.55 bits per heavy atom. The maximum atomic E-state index is 10.4. The summed E-state index contributed by atoms with van der Waals surface area (Å²) in [5.41, 5.74) is 2.22. The van der Waals surface area contributed by atoms with Crippen LogP contribution in [0.3, 0.4) is 0 Å². The highest BCUT2D eigenvalue weighted by Gasteiger charge is 1.90. The predicted molar refractivity (Wildman–Crippen MR) is 40.5 cm³/mol. The van der Waals surface area contributed by atoms with Crippen LogP contribution in [-0.4, -0.2) is 7.05 Å². The molecule has 0 spiro atoms. The highest BCUT2D eigenvalue weighted by molar-refractivity contribution is 5.20. The van der Waals surface area contributed by atoms with Crippen molar-refractivity contribution in [3.8, 4) is 5.75 Å². The van der Waals surface area contributed by atoms with Crippen molar-refractivity contribution in [1.82, 2.24) is 5.59 Å². The van der Waals surface area contributed by atoms with Crippen LogP contribution in [0, 0.1) is 5.21 Å². The minimum absolute atomic E-state index is 0.214. The summed E-state index contributed by atoms with van der Waals surface area (Å²) in [4.78, 5) is 4.87. The molecule has 0 aromatic heterocycles. The number of hydrogen-bond acceptors (Lipinski definition) is 3. The van der Waals surface area contributed by atoms with Crippen molar-refractivity contribution in [2.24, 2.45) is 0 Å². The third-order valence-corrected chi connectivity index (χ3v) is 1.06. The van der Waals surface area contributed by atoms with Gasteiger partial charge in [0.25, 0.3) is 0 Å². The number of para-hydroxylation sites is 1. The Labute approximate surface area is 64.9 Å². The van der Waals surface area contributed by atoms with E-state index in [-0.39, 0.29) is 5.17 Å². The fourth-order valence-electron chi connectivity index (χ4n) is 0.619. The van der Waals surface area contributed by atoms with Gasteiger partial charge in [-0.2, -0.15) is 0 Å². The molecule has 60 valence electrons. The third kappa shape index (κ3) is 2.99. The van der Waals surface area contributed by atoms with Crippen LogP contribution >= 0.6 is 0 Å². The summed E-state index contributed by atoms with van der Waals surface area (Å²) in [6.45, 7) is 0. The average molecular weight is 154 g/mol. The van der Waals surface area contributed by atoms with Crippen molar-refractivity contribution in [2.75, 3.05) is 7.05 Å². The first-order valence-corrected chi connectivity index (χ1v) is 3.27. The van der Waals surface area contributed by atoms with Crippen LogP contribution in [0.25, 0.3) is 0 Å². The number of quaternary nitrogens is 1. The van der Waals surface area contributed by atoms with E-state index in [1.165, 1.54) is 7.05 Å². The van der Waals surface area contributed by atoms with Crippen molar-refractivity contribution in [3.63, 3.8) is 0 Å². The SMILES string of the molecule is C[NH+]([O-])NOc1ccccc1. The van der Waals surface area contributed by atoms with Gasteiger partial charge in [0.05, 0.1) is 7.05 Å². The molecule has 0 saturated heterocycles. The zero-order valence-electron chi connectivity index (χ0n) is 6.20. The highest BCUT2D eigenvalue weighted by atomic mass is 16.8. The molecule has 1 atom stereocenters. The Kier molecular flexibility index (Phi) is 2.85. The first kappa shape index (κ1) is 8.00. The molecule has 0 bridgehead atoms. The molecular weight excluding hydrogens is 144 g/mol. The van der Waals surface area contributed by atoms with Gasteiger partial charge in [-0.3, -0.25) is 5.17 Å². The Hall–Kier alpha value is -1.10. The van der Waals surface area contributed by atoms with E-state index in [0.717, 1.165) is 0 Å². The largest absolute Gasteiger partial charge is 0.611 e. The fourth-order valence-corrected chi connectivity index (χ4v) is 0.619. The number of nitrogens with one attached hydrogen (secondary N) is 2. The number of hydrogen-bond donors (Lipinski definition) is 2. The molecule has 2 N–H and O–H groups in total. The molecule has 0 saturated carbocycles. The molecule has 0 amide bonds. The standard InChI is InChI=1S/C7H10N2O2/c1-9(10)8-11-7-5-3-2-4-6-7/h2-6,8-9H,1H3. The second kappa shape index (κ2) is 3.92. The van der Waals surface area contributed by atoms with E-state index in [0.29, 0.717) is 5.75 Å². The van der Waals surface area contributed by atoms with E-state index < -0.39 is 0 Å². The van der Waals surface area contributed by atoms with Crippen molar-refractivity contribution < 1.29 is 10.0 Å². The average Bonchev–Trinajstić information content (AvgIpc) is 2.03. The lowest BCUT2D eigenvalue weighted by atomic mass is 10.3. The molecule has 1 aromatic carbocycles. The lowest BCUT2D eigenvalue weighted by molar-refractivity contribution is -0.901. The van der Waals surface area contributed by atoms with Gasteiger partial charge in [0, 0.05) is 5.59 Å². The molecule has 0 radical (unpaired) electrons. The maximum absolute atomic E-state index is 10.4. The van der Waals surface area contributed by atoms with E-state index in [1.54, 1.807) is 12.1 Å². The van der Waals surface area contributed by atoms with Crippen LogP contribution in [-0.2, 0) is 0 Å². The van der Waals surface area contributed by atoms with E-state index >= 15 is 0 Å². The lowest BCUT2D eigenvalue weighted by Crippen LogP contribution is -3.11. The zero-order valence-corrected chi connectivity index (χ0v) is 6.20. The molecule has 1 rings (SSSR count). The van der Waals surface area contributed by atoms with Gasteiger partial charge in [-0.05, 0) is 12.1 Å². The molecule has 1 unspecified atom stereocenters. The number of hydroxylamine groups is 1. The van der Waals surface area contributed by atoms with Gasteiger partial charge in [0.15, 0.2) is 5.75 Å². The zero-order chi connectivity index (χ0) is 8.10. The number of rotatable bonds is 3. The molecule has 0 aliphatic rings. The summed E-state index contributed by atoms with van der Waals surface area (Å²) < 4.78 is 0. The molecule has 1 aromatic rings. The number of benzene rings is 1. The van der Waals surface area contributed by atoms with Crippen LogP contribution < -0.4 is 15.6 Å². The van der Waals surface area contributed by atoms with Gasteiger partial charge < -0.3 is 10.0 Å². The fraction of sp³-hybridized carbons (Fsp3) is 0.143. The Bertz CT molecular complexity index is 201. The third-order valence-electron chi connectivity index (χ3n) is 1.06. The van der Waals surface area contributed by atoms with Crippen LogP contribution in [0.4, 0.5) is 0 Å². The summed E-state index contributed by atoms with van der Waals surface area (Å²) >= 11 is 0. The van der Waals surface area contributed by atoms with Crippen molar-refractivity contribution in [3.05, 3.63) is 35.5 Å². The quantitative estimate of drug-likeness (QED) is 0.577. The second-order valence-electron chi connectivity index (χ2n) is 2.07. The maximum Gasteiger partial charge on any atom is 0.153 e. The minimum atomic E-state index is -0.214. The topological polar surface area (TPSA) is 48.8 Å².